The molecular weight excluding hydrogens is 412 g/mol. The Morgan fingerprint density at radius 2 is 1.65 bits per heavy atom. The van der Waals surface area contributed by atoms with Gasteiger partial charge in [-0.15, -0.1) is 0 Å². The highest BCUT2D eigenvalue weighted by atomic mass is 35.5. The monoisotopic (exact) mass is 444 g/mol. The van der Waals surface area contributed by atoms with Crippen molar-refractivity contribution in [2.24, 2.45) is 5.92 Å². The van der Waals surface area contributed by atoms with E-state index in [4.69, 9.17) is 16.3 Å². The van der Waals surface area contributed by atoms with Crippen molar-refractivity contribution < 1.29 is 14.3 Å². The zero-order valence-electron chi connectivity index (χ0n) is 19.0. The molecule has 0 saturated carbocycles. The molecular formula is C25H33ClN2O3. The van der Waals surface area contributed by atoms with E-state index in [1.807, 2.05) is 50.2 Å². The summed E-state index contributed by atoms with van der Waals surface area (Å²) < 4.78 is 5.88. The Kier molecular flexibility index (Phi) is 9.38. The Morgan fingerprint density at radius 3 is 2.26 bits per heavy atom. The number of carbonyl (C=O) groups is 2. The average molecular weight is 445 g/mol. The third-order valence-electron chi connectivity index (χ3n) is 5.01. The van der Waals surface area contributed by atoms with Crippen molar-refractivity contribution in [3.63, 3.8) is 0 Å². The van der Waals surface area contributed by atoms with Gasteiger partial charge in [-0.25, -0.2) is 0 Å². The smallest absolute Gasteiger partial charge is 0.261 e. The van der Waals surface area contributed by atoms with Gasteiger partial charge in [0.15, 0.2) is 6.61 Å². The Bertz CT molecular complexity index is 865. The lowest BCUT2D eigenvalue weighted by Gasteiger charge is -2.29. The molecule has 0 unspecified atom stereocenters. The second kappa shape index (κ2) is 11.8. The molecule has 0 radical (unpaired) electrons. The first-order chi connectivity index (χ1) is 14.7. The van der Waals surface area contributed by atoms with E-state index in [0.717, 1.165) is 11.1 Å². The topological polar surface area (TPSA) is 58.6 Å². The van der Waals surface area contributed by atoms with E-state index in [1.54, 1.807) is 24.0 Å². The molecule has 0 aliphatic heterocycles. The van der Waals surface area contributed by atoms with Crippen LogP contribution in [0.2, 0.25) is 5.02 Å². The predicted octanol–water partition coefficient (Wildman–Crippen LogP) is 5.03. The molecule has 1 atom stereocenters. The van der Waals surface area contributed by atoms with Crippen molar-refractivity contribution in [2.75, 3.05) is 13.2 Å². The van der Waals surface area contributed by atoms with Crippen molar-refractivity contribution in [2.45, 2.75) is 53.1 Å². The van der Waals surface area contributed by atoms with Gasteiger partial charge in [-0.2, -0.15) is 0 Å². The van der Waals surface area contributed by atoms with Crippen molar-refractivity contribution >= 4 is 23.4 Å². The van der Waals surface area contributed by atoms with Crippen LogP contribution in [0, 0.1) is 5.92 Å². The minimum absolute atomic E-state index is 0.140. The Labute approximate surface area is 190 Å². The van der Waals surface area contributed by atoms with Gasteiger partial charge in [-0.3, -0.25) is 9.59 Å². The second-order valence-corrected chi connectivity index (χ2v) is 8.88. The number of ether oxygens (including phenoxy) is 1. The molecule has 5 nitrogen and oxygen atoms in total. The number of rotatable bonds is 10. The highest BCUT2D eigenvalue weighted by molar-refractivity contribution is 6.30. The number of hydrogen-bond acceptors (Lipinski definition) is 3. The van der Waals surface area contributed by atoms with E-state index < -0.39 is 6.04 Å². The van der Waals surface area contributed by atoms with Crippen LogP contribution in [0.3, 0.4) is 0 Å². The SMILES string of the molecule is CC(C)CNC(=O)[C@@H](C)N(Cc1ccc(Cl)cc1)C(=O)COc1ccccc1C(C)C. The average Bonchev–Trinajstić information content (AvgIpc) is 2.75. The van der Waals surface area contributed by atoms with Gasteiger partial charge in [0.1, 0.15) is 11.8 Å². The molecule has 0 aromatic heterocycles. The number of halogens is 1. The fourth-order valence-corrected chi connectivity index (χ4v) is 3.26. The van der Waals surface area contributed by atoms with Crippen LogP contribution in [-0.4, -0.2) is 35.9 Å². The van der Waals surface area contributed by atoms with Crippen molar-refractivity contribution in [3.05, 3.63) is 64.7 Å². The Balaban J connectivity index is 2.17. The van der Waals surface area contributed by atoms with E-state index >= 15 is 0 Å². The fourth-order valence-electron chi connectivity index (χ4n) is 3.13. The van der Waals surface area contributed by atoms with Gasteiger partial charge < -0.3 is 15.0 Å². The molecule has 0 spiro atoms. The molecule has 0 bridgehead atoms. The number of hydrogen-bond donors (Lipinski definition) is 1. The summed E-state index contributed by atoms with van der Waals surface area (Å²) in [5.74, 6) is 0.859. The van der Waals surface area contributed by atoms with Gasteiger partial charge in [0.05, 0.1) is 0 Å². The van der Waals surface area contributed by atoms with Gasteiger partial charge >= 0.3 is 0 Å². The highest BCUT2D eigenvalue weighted by Gasteiger charge is 2.26. The van der Waals surface area contributed by atoms with Crippen LogP contribution in [0.1, 0.15) is 51.7 Å². The molecule has 2 aromatic rings. The van der Waals surface area contributed by atoms with Gasteiger partial charge in [0.25, 0.3) is 5.91 Å². The molecule has 2 amide bonds. The minimum atomic E-state index is -0.633. The third kappa shape index (κ3) is 7.59. The number of carbonyl (C=O) groups excluding carboxylic acids is 2. The number of nitrogens with one attached hydrogen (secondary N) is 1. The van der Waals surface area contributed by atoms with Gasteiger partial charge in [0.2, 0.25) is 5.91 Å². The summed E-state index contributed by atoms with van der Waals surface area (Å²) in [7, 11) is 0. The molecule has 2 aromatic carbocycles. The summed E-state index contributed by atoms with van der Waals surface area (Å²) in [5.41, 5.74) is 1.94. The van der Waals surface area contributed by atoms with Crippen LogP contribution in [-0.2, 0) is 16.1 Å². The molecule has 1 N–H and O–H groups in total. The van der Waals surface area contributed by atoms with Crippen LogP contribution in [0.4, 0.5) is 0 Å². The summed E-state index contributed by atoms with van der Waals surface area (Å²) in [6, 6.07) is 14.3. The fraction of sp³-hybridized carbons (Fsp3) is 0.440. The zero-order chi connectivity index (χ0) is 23.0. The zero-order valence-corrected chi connectivity index (χ0v) is 19.8. The maximum Gasteiger partial charge on any atom is 0.261 e. The first-order valence-electron chi connectivity index (χ1n) is 10.7. The van der Waals surface area contributed by atoms with E-state index in [1.165, 1.54) is 0 Å². The molecule has 168 valence electrons. The molecule has 31 heavy (non-hydrogen) atoms. The maximum atomic E-state index is 13.1. The summed E-state index contributed by atoms with van der Waals surface area (Å²) in [6.45, 7) is 10.7. The summed E-state index contributed by atoms with van der Waals surface area (Å²) in [5, 5.41) is 3.54. The van der Waals surface area contributed by atoms with Crippen molar-refractivity contribution in [1.29, 1.82) is 0 Å². The molecule has 2 rings (SSSR count). The number of nitrogens with zero attached hydrogens (tertiary/aromatic N) is 1. The molecule has 0 aliphatic rings. The summed E-state index contributed by atoms with van der Waals surface area (Å²) >= 11 is 5.99. The van der Waals surface area contributed by atoms with E-state index in [-0.39, 0.29) is 24.3 Å². The standard InChI is InChI=1S/C25H33ClN2O3/c1-17(2)14-27-25(30)19(5)28(15-20-10-12-21(26)13-11-20)24(29)16-31-23-9-7-6-8-22(23)18(3)4/h6-13,17-19H,14-16H2,1-5H3,(H,27,30)/t19-/m1/s1. The normalized spacial score (nSPS) is 12.0. The first kappa shape index (κ1) is 24.7. The van der Waals surface area contributed by atoms with Crippen molar-refractivity contribution in [3.8, 4) is 5.75 Å². The summed E-state index contributed by atoms with van der Waals surface area (Å²) in [4.78, 5) is 27.4. The van der Waals surface area contributed by atoms with Gasteiger partial charge in [-0.05, 0) is 48.1 Å². The van der Waals surface area contributed by atoms with Crippen molar-refractivity contribution in [1.82, 2.24) is 10.2 Å². The molecule has 6 heteroatoms. The molecule has 0 aliphatic carbocycles. The first-order valence-corrected chi connectivity index (χ1v) is 11.1. The van der Waals surface area contributed by atoms with Crippen LogP contribution < -0.4 is 10.1 Å². The summed E-state index contributed by atoms with van der Waals surface area (Å²) in [6.07, 6.45) is 0. The van der Waals surface area contributed by atoms with E-state index in [2.05, 4.69) is 19.2 Å². The molecule has 0 saturated heterocycles. The Morgan fingerprint density at radius 1 is 1.00 bits per heavy atom. The van der Waals surface area contributed by atoms with Crippen LogP contribution in [0.15, 0.2) is 48.5 Å². The second-order valence-electron chi connectivity index (χ2n) is 8.44. The number of benzene rings is 2. The quantitative estimate of drug-likeness (QED) is 0.559. The van der Waals surface area contributed by atoms with Crippen LogP contribution in [0.5, 0.6) is 5.75 Å². The minimum Gasteiger partial charge on any atom is -0.483 e. The lowest BCUT2D eigenvalue weighted by molar-refractivity contribution is -0.142. The van der Waals surface area contributed by atoms with Gasteiger partial charge in [-0.1, -0.05) is 69.6 Å². The molecule has 0 fully saturated rings. The maximum absolute atomic E-state index is 13.1. The van der Waals surface area contributed by atoms with Gasteiger partial charge in [0, 0.05) is 18.1 Å². The molecule has 0 heterocycles. The number of amides is 2. The lowest BCUT2D eigenvalue weighted by atomic mass is 10.0. The lowest BCUT2D eigenvalue weighted by Crippen LogP contribution is -2.49. The third-order valence-corrected chi connectivity index (χ3v) is 5.26. The Hall–Kier alpha value is -2.53. The number of para-hydroxylation sites is 1. The predicted molar refractivity (Wildman–Crippen MR) is 125 cm³/mol. The largest absolute Gasteiger partial charge is 0.483 e. The van der Waals surface area contributed by atoms with Crippen LogP contribution in [0.25, 0.3) is 0 Å². The van der Waals surface area contributed by atoms with E-state index in [9.17, 15) is 9.59 Å². The highest BCUT2D eigenvalue weighted by Crippen LogP contribution is 2.26. The van der Waals surface area contributed by atoms with Crippen LogP contribution >= 0.6 is 11.6 Å². The van der Waals surface area contributed by atoms with E-state index in [0.29, 0.717) is 29.8 Å².